The number of aryl methyl sites for hydroxylation is 1. The van der Waals surface area contributed by atoms with Crippen molar-refractivity contribution in [2.24, 2.45) is 7.05 Å². The van der Waals surface area contributed by atoms with Gasteiger partial charge in [0.05, 0.1) is 5.75 Å². The van der Waals surface area contributed by atoms with E-state index in [9.17, 15) is 26.8 Å². The third-order valence-electron chi connectivity index (χ3n) is 5.75. The van der Waals surface area contributed by atoms with Gasteiger partial charge >= 0.3 is 0 Å². The number of halogens is 1. The Morgan fingerprint density at radius 3 is 2.55 bits per heavy atom. The predicted molar refractivity (Wildman–Crippen MR) is 146 cm³/mol. The van der Waals surface area contributed by atoms with Gasteiger partial charge in [-0.2, -0.15) is 8.61 Å². The van der Waals surface area contributed by atoms with E-state index in [1.807, 2.05) is 30.3 Å². The van der Waals surface area contributed by atoms with Gasteiger partial charge in [-0.1, -0.05) is 42.1 Å². The fourth-order valence-electron chi connectivity index (χ4n) is 3.84. The van der Waals surface area contributed by atoms with Crippen molar-refractivity contribution in [1.82, 2.24) is 28.9 Å². The molecule has 1 fully saturated rings. The standard InChI is InChI=1S/C21H26N6O6S4.ClH/c1-25-15-22-23-21(25)34-12-5-13-36(30,31)26-10-11-27(17(14-26)20(28)24-29)37(32,33)19-9-8-18(35-19)16-6-3-2-4-7-16;/h2-4,6-9,15,17,29H,5,10-14H2,1H3,(H,24,28);1H/t17-;/m1./s1. The lowest BCUT2D eigenvalue weighted by molar-refractivity contribution is -0.134. The normalized spacial score (nSPS) is 17.2. The highest BCUT2D eigenvalue weighted by Gasteiger charge is 2.43. The summed E-state index contributed by atoms with van der Waals surface area (Å²) in [5.41, 5.74) is 2.34. The predicted octanol–water partition coefficient (Wildman–Crippen LogP) is 1.66. The molecule has 2 aromatic heterocycles. The fourth-order valence-corrected chi connectivity index (χ4v) is 9.36. The lowest BCUT2D eigenvalue weighted by Crippen LogP contribution is -2.61. The maximum atomic E-state index is 13.5. The van der Waals surface area contributed by atoms with E-state index in [0.29, 0.717) is 17.3 Å². The Bertz CT molecular complexity index is 1450. The lowest BCUT2D eigenvalue weighted by atomic mass is 10.2. The smallest absolute Gasteiger partial charge is 0.263 e. The number of rotatable bonds is 10. The molecule has 1 aromatic carbocycles. The molecule has 38 heavy (non-hydrogen) atoms. The maximum Gasteiger partial charge on any atom is 0.263 e. The van der Waals surface area contributed by atoms with Gasteiger partial charge in [-0.25, -0.2) is 22.3 Å². The molecule has 2 N–H and O–H groups in total. The third-order valence-corrected chi connectivity index (χ3v) is 12.3. The number of hydrogen-bond acceptors (Lipinski definition) is 10. The molecular formula is C21H27ClN6O6S4. The van der Waals surface area contributed by atoms with E-state index in [1.165, 1.54) is 23.3 Å². The van der Waals surface area contributed by atoms with Crippen LogP contribution < -0.4 is 5.48 Å². The molecule has 0 radical (unpaired) electrons. The summed E-state index contributed by atoms with van der Waals surface area (Å²) in [6.45, 7) is -0.739. The van der Waals surface area contributed by atoms with Crippen molar-refractivity contribution in [2.45, 2.75) is 21.8 Å². The van der Waals surface area contributed by atoms with Gasteiger partial charge in [0.1, 0.15) is 16.6 Å². The second-order valence-corrected chi connectivity index (χ2v) is 14.5. The number of carbonyl (C=O) groups excluding carboxylic acids is 1. The van der Waals surface area contributed by atoms with E-state index in [0.717, 1.165) is 30.4 Å². The SMILES string of the molecule is Cl.Cn1cnnc1SCCCS(=O)(=O)N1CCN(S(=O)(=O)c2ccc(-c3ccccc3)s2)[C@@H](C(=O)NO)C1. The zero-order chi connectivity index (χ0) is 26.6. The molecular weight excluding hydrogens is 596 g/mol. The number of benzene rings is 1. The average Bonchev–Trinajstić information content (AvgIpc) is 3.56. The summed E-state index contributed by atoms with van der Waals surface area (Å²) in [6.07, 6.45) is 1.88. The number of nitrogens with one attached hydrogen (secondary N) is 1. The molecule has 0 unspecified atom stereocenters. The molecule has 1 aliphatic rings. The van der Waals surface area contributed by atoms with Crippen LogP contribution in [0.15, 0.2) is 58.2 Å². The minimum atomic E-state index is -4.13. The van der Waals surface area contributed by atoms with Gasteiger partial charge in [0.25, 0.3) is 15.9 Å². The van der Waals surface area contributed by atoms with Gasteiger partial charge in [0.15, 0.2) is 5.16 Å². The van der Waals surface area contributed by atoms with Crippen LogP contribution in [0.25, 0.3) is 10.4 Å². The number of hydroxylamine groups is 1. The van der Waals surface area contributed by atoms with Crippen molar-refractivity contribution >= 4 is 61.5 Å². The Labute approximate surface area is 235 Å². The molecule has 3 heterocycles. The van der Waals surface area contributed by atoms with E-state index in [4.69, 9.17) is 0 Å². The first-order chi connectivity index (χ1) is 17.6. The van der Waals surface area contributed by atoms with Crippen LogP contribution in [-0.2, 0) is 31.9 Å². The molecule has 208 valence electrons. The highest BCUT2D eigenvalue weighted by molar-refractivity contribution is 7.99. The van der Waals surface area contributed by atoms with Gasteiger partial charge in [-0.3, -0.25) is 10.0 Å². The molecule has 1 saturated heterocycles. The highest BCUT2D eigenvalue weighted by atomic mass is 35.5. The number of carbonyl (C=O) groups is 1. The lowest BCUT2D eigenvalue weighted by Gasteiger charge is -2.38. The molecule has 0 aliphatic carbocycles. The average molecular weight is 623 g/mol. The third kappa shape index (κ3) is 6.74. The maximum absolute atomic E-state index is 13.5. The molecule has 0 bridgehead atoms. The van der Waals surface area contributed by atoms with Gasteiger partial charge in [0.2, 0.25) is 10.0 Å². The topological polar surface area (TPSA) is 155 Å². The van der Waals surface area contributed by atoms with Gasteiger partial charge < -0.3 is 4.57 Å². The summed E-state index contributed by atoms with van der Waals surface area (Å²) in [5.74, 6) is -0.687. The van der Waals surface area contributed by atoms with E-state index in [1.54, 1.807) is 24.0 Å². The van der Waals surface area contributed by atoms with Crippen molar-refractivity contribution in [3.8, 4) is 10.4 Å². The number of aromatic nitrogens is 3. The Balaban J connectivity index is 0.00000400. The molecule has 0 saturated carbocycles. The van der Waals surface area contributed by atoms with Crippen molar-refractivity contribution in [2.75, 3.05) is 31.1 Å². The van der Waals surface area contributed by atoms with Crippen LogP contribution in [0.2, 0.25) is 0 Å². The monoisotopic (exact) mass is 622 g/mol. The number of nitrogens with zero attached hydrogens (tertiary/aromatic N) is 5. The Morgan fingerprint density at radius 2 is 1.89 bits per heavy atom. The second-order valence-electron chi connectivity index (χ2n) is 8.19. The molecule has 17 heteroatoms. The van der Waals surface area contributed by atoms with Crippen LogP contribution in [0.3, 0.4) is 0 Å². The number of hydrogen-bond donors (Lipinski definition) is 2. The number of amides is 1. The Hall–Kier alpha value is -2.05. The summed E-state index contributed by atoms with van der Waals surface area (Å²) in [4.78, 5) is 13.2. The summed E-state index contributed by atoms with van der Waals surface area (Å²) in [7, 11) is -6.12. The van der Waals surface area contributed by atoms with Crippen molar-refractivity contribution in [3.63, 3.8) is 0 Å². The molecule has 0 spiro atoms. The van der Waals surface area contributed by atoms with Crippen LogP contribution in [0.4, 0.5) is 0 Å². The zero-order valence-corrected chi connectivity index (χ0v) is 24.3. The fraction of sp³-hybridized carbons (Fsp3) is 0.381. The Kier molecular flexibility index (Phi) is 10.3. The molecule has 3 aromatic rings. The molecule has 12 nitrogen and oxygen atoms in total. The first-order valence-corrected chi connectivity index (χ1v) is 16.0. The highest BCUT2D eigenvalue weighted by Crippen LogP contribution is 2.33. The van der Waals surface area contributed by atoms with Crippen LogP contribution in [0.1, 0.15) is 6.42 Å². The first-order valence-electron chi connectivity index (χ1n) is 11.2. The van der Waals surface area contributed by atoms with E-state index in [2.05, 4.69) is 10.2 Å². The molecule has 4 rings (SSSR count). The number of thioether (sulfide) groups is 1. The summed E-state index contributed by atoms with van der Waals surface area (Å²) < 4.78 is 56.7. The summed E-state index contributed by atoms with van der Waals surface area (Å²) in [6, 6.07) is 11.0. The van der Waals surface area contributed by atoms with Crippen LogP contribution >= 0.6 is 35.5 Å². The van der Waals surface area contributed by atoms with Crippen molar-refractivity contribution in [1.29, 1.82) is 0 Å². The van der Waals surface area contributed by atoms with Crippen molar-refractivity contribution < 1.29 is 26.8 Å². The zero-order valence-electron chi connectivity index (χ0n) is 20.2. The van der Waals surface area contributed by atoms with E-state index in [-0.39, 0.29) is 35.5 Å². The van der Waals surface area contributed by atoms with Gasteiger partial charge in [0, 0.05) is 37.3 Å². The Morgan fingerprint density at radius 1 is 1.16 bits per heavy atom. The summed E-state index contributed by atoms with van der Waals surface area (Å²) in [5, 5.41) is 17.6. The minimum absolute atomic E-state index is 0. The van der Waals surface area contributed by atoms with Gasteiger partial charge in [-0.05, 0) is 24.1 Å². The number of piperazine rings is 1. The van der Waals surface area contributed by atoms with Crippen LogP contribution in [-0.4, -0.2) is 88.5 Å². The second kappa shape index (κ2) is 12.9. The van der Waals surface area contributed by atoms with Gasteiger partial charge in [-0.15, -0.1) is 33.9 Å². The largest absolute Gasteiger partial charge is 0.312 e. The molecule has 1 amide bonds. The quantitative estimate of drug-likeness (QED) is 0.149. The minimum Gasteiger partial charge on any atom is -0.312 e. The van der Waals surface area contributed by atoms with Crippen LogP contribution in [0, 0.1) is 0 Å². The van der Waals surface area contributed by atoms with E-state index >= 15 is 0 Å². The molecule has 1 atom stereocenters. The van der Waals surface area contributed by atoms with Crippen molar-refractivity contribution in [3.05, 3.63) is 48.8 Å². The first kappa shape index (κ1) is 30.5. The van der Waals surface area contributed by atoms with E-state index < -0.39 is 38.5 Å². The summed E-state index contributed by atoms with van der Waals surface area (Å²) >= 11 is 2.43. The molecule has 1 aliphatic heterocycles. The van der Waals surface area contributed by atoms with Crippen LogP contribution in [0.5, 0.6) is 0 Å². The number of thiophene rings is 1. The number of sulfonamides is 2.